The lowest BCUT2D eigenvalue weighted by molar-refractivity contribution is -0.164. The van der Waals surface area contributed by atoms with Crippen molar-refractivity contribution < 1.29 is 9.53 Å². The molecule has 0 amide bonds. The van der Waals surface area contributed by atoms with Gasteiger partial charge < -0.3 is 4.74 Å². The highest BCUT2D eigenvalue weighted by molar-refractivity contribution is 5.83. The summed E-state index contributed by atoms with van der Waals surface area (Å²) < 4.78 is 5.85. The Hall–Kier alpha value is -1.87. The molecule has 2 heterocycles. The highest BCUT2D eigenvalue weighted by Gasteiger charge is 2.50. The number of rotatable bonds is 2. The Balaban J connectivity index is 1.72. The summed E-state index contributed by atoms with van der Waals surface area (Å²) in [6, 6.07) is 16.0. The summed E-state index contributed by atoms with van der Waals surface area (Å²) in [6.45, 7) is 5.87. The normalized spacial score (nSPS) is 29.1. The number of benzene rings is 2. The van der Waals surface area contributed by atoms with Gasteiger partial charge in [-0.05, 0) is 63.4 Å². The van der Waals surface area contributed by atoms with E-state index in [1.807, 2.05) is 20.8 Å². The van der Waals surface area contributed by atoms with E-state index in [-0.39, 0.29) is 17.8 Å². The third kappa shape index (κ3) is 3.14. The van der Waals surface area contributed by atoms with Crippen LogP contribution >= 0.6 is 0 Å². The van der Waals surface area contributed by atoms with Crippen molar-refractivity contribution in [2.24, 2.45) is 5.92 Å². The molecule has 0 aliphatic carbocycles. The van der Waals surface area contributed by atoms with Gasteiger partial charge in [0, 0.05) is 18.0 Å². The van der Waals surface area contributed by atoms with Crippen molar-refractivity contribution >= 4 is 16.7 Å². The second-order valence-corrected chi connectivity index (χ2v) is 8.97. The van der Waals surface area contributed by atoms with E-state index in [0.29, 0.717) is 12.1 Å². The molecule has 4 atom stereocenters. The second-order valence-electron chi connectivity index (χ2n) is 8.97. The lowest BCUT2D eigenvalue weighted by Crippen LogP contribution is -2.50. The van der Waals surface area contributed by atoms with E-state index < -0.39 is 5.60 Å². The summed E-state index contributed by atoms with van der Waals surface area (Å²) in [5.41, 5.74) is 0.837. The van der Waals surface area contributed by atoms with E-state index in [2.05, 4.69) is 54.4 Å². The van der Waals surface area contributed by atoms with E-state index in [1.54, 1.807) is 0 Å². The second kappa shape index (κ2) is 6.38. The fourth-order valence-electron chi connectivity index (χ4n) is 4.94. The molecule has 0 radical (unpaired) electrons. The first-order chi connectivity index (χ1) is 12.3. The predicted octanol–water partition coefficient (Wildman–Crippen LogP) is 4.75. The minimum absolute atomic E-state index is 0.0344. The number of carbonyl (C=O) groups is 1. The van der Waals surface area contributed by atoms with Crippen molar-refractivity contribution in [1.29, 1.82) is 0 Å². The van der Waals surface area contributed by atoms with E-state index >= 15 is 0 Å². The van der Waals surface area contributed by atoms with Crippen LogP contribution in [0.4, 0.5) is 0 Å². The molecule has 4 rings (SSSR count). The highest BCUT2D eigenvalue weighted by Crippen LogP contribution is 2.47. The molecule has 0 spiro atoms. The van der Waals surface area contributed by atoms with Crippen LogP contribution in [-0.2, 0) is 9.53 Å². The molecule has 26 heavy (non-hydrogen) atoms. The summed E-state index contributed by atoms with van der Waals surface area (Å²) in [5, 5.41) is 2.50. The number of hydrogen-bond donors (Lipinski definition) is 0. The van der Waals surface area contributed by atoms with Gasteiger partial charge in [0.1, 0.15) is 5.60 Å². The van der Waals surface area contributed by atoms with Gasteiger partial charge in [0.15, 0.2) is 0 Å². The highest BCUT2D eigenvalue weighted by atomic mass is 16.6. The molecule has 2 aromatic rings. The van der Waals surface area contributed by atoms with Gasteiger partial charge in [-0.1, -0.05) is 42.5 Å². The first kappa shape index (κ1) is 17.5. The molecule has 0 unspecified atom stereocenters. The molecule has 138 valence electrons. The number of hydrogen-bond acceptors (Lipinski definition) is 3. The molecule has 0 N–H and O–H groups in total. The van der Waals surface area contributed by atoms with Crippen LogP contribution in [0.15, 0.2) is 42.5 Å². The number of carbonyl (C=O) groups excluding carboxylic acids is 1. The number of piperidine rings is 1. The Morgan fingerprint density at radius 2 is 1.81 bits per heavy atom. The van der Waals surface area contributed by atoms with Crippen molar-refractivity contribution in [3.63, 3.8) is 0 Å². The number of nitrogens with zero attached hydrogens (tertiary/aromatic N) is 1. The van der Waals surface area contributed by atoms with Gasteiger partial charge in [0.05, 0.1) is 5.92 Å². The van der Waals surface area contributed by atoms with Crippen LogP contribution < -0.4 is 0 Å². The van der Waals surface area contributed by atoms with Crippen LogP contribution in [0.5, 0.6) is 0 Å². The van der Waals surface area contributed by atoms with Crippen LogP contribution in [0.25, 0.3) is 10.8 Å². The number of ether oxygens (including phenoxy) is 1. The summed E-state index contributed by atoms with van der Waals surface area (Å²) in [7, 11) is 2.18. The van der Waals surface area contributed by atoms with E-state index in [1.165, 1.54) is 22.8 Å². The zero-order valence-corrected chi connectivity index (χ0v) is 16.2. The minimum atomic E-state index is -0.445. The Morgan fingerprint density at radius 3 is 2.54 bits per heavy atom. The first-order valence-corrected chi connectivity index (χ1v) is 9.77. The molecule has 0 aromatic heterocycles. The first-order valence-electron chi connectivity index (χ1n) is 9.77. The third-order valence-corrected chi connectivity index (χ3v) is 6.15. The molecule has 2 saturated heterocycles. The summed E-state index contributed by atoms with van der Waals surface area (Å²) in [6.07, 6.45) is 3.31. The molecular weight excluding hydrogens is 322 g/mol. The van der Waals surface area contributed by atoms with Gasteiger partial charge in [0.2, 0.25) is 0 Å². The maximum absolute atomic E-state index is 13.1. The molecule has 2 bridgehead atoms. The smallest absolute Gasteiger partial charge is 0.311 e. The zero-order valence-electron chi connectivity index (χ0n) is 16.2. The van der Waals surface area contributed by atoms with Gasteiger partial charge in [-0.3, -0.25) is 9.69 Å². The predicted molar refractivity (Wildman–Crippen MR) is 105 cm³/mol. The van der Waals surface area contributed by atoms with Crippen LogP contribution in [0.3, 0.4) is 0 Å². The summed E-state index contributed by atoms with van der Waals surface area (Å²) >= 11 is 0. The van der Waals surface area contributed by atoms with Gasteiger partial charge in [0.25, 0.3) is 0 Å². The summed E-state index contributed by atoms with van der Waals surface area (Å²) in [5.74, 6) is 0.121. The number of esters is 1. The molecular formula is C23H29NO2. The van der Waals surface area contributed by atoms with Crippen molar-refractivity contribution in [2.45, 2.75) is 63.6 Å². The lowest BCUT2D eigenvalue weighted by Gasteiger charge is -2.42. The molecule has 2 fully saturated rings. The number of fused-ring (bicyclic) bond motifs is 3. The van der Waals surface area contributed by atoms with Crippen LogP contribution in [-0.4, -0.2) is 35.6 Å². The Bertz CT molecular complexity index is 822. The maximum Gasteiger partial charge on any atom is 0.311 e. The van der Waals surface area contributed by atoms with E-state index in [0.717, 1.165) is 12.8 Å². The van der Waals surface area contributed by atoms with Gasteiger partial charge >= 0.3 is 5.97 Å². The van der Waals surface area contributed by atoms with E-state index in [4.69, 9.17) is 4.74 Å². The molecule has 2 aromatic carbocycles. The van der Waals surface area contributed by atoms with Gasteiger partial charge in [-0.25, -0.2) is 0 Å². The van der Waals surface area contributed by atoms with Gasteiger partial charge in [-0.2, -0.15) is 0 Å². The standard InChI is InChI=1S/C23H29NO2/c1-23(2,3)26-22(25)21-19(14-18-11-12-20(21)24(18)4)17-10-9-15-7-5-6-8-16(15)13-17/h5-10,13,18-21H,11-12,14H2,1-4H3/t18-,19+,20+,21-/m0/s1. The summed E-state index contributed by atoms with van der Waals surface area (Å²) in [4.78, 5) is 15.6. The third-order valence-electron chi connectivity index (χ3n) is 6.15. The van der Waals surface area contributed by atoms with Crippen LogP contribution in [0.2, 0.25) is 0 Å². The van der Waals surface area contributed by atoms with Crippen molar-refractivity contribution in [1.82, 2.24) is 4.90 Å². The van der Waals surface area contributed by atoms with Crippen molar-refractivity contribution in [2.75, 3.05) is 7.05 Å². The Labute approximate surface area is 156 Å². The average Bonchev–Trinajstić information content (AvgIpc) is 2.81. The topological polar surface area (TPSA) is 29.5 Å². The fourth-order valence-corrected chi connectivity index (χ4v) is 4.94. The Kier molecular flexibility index (Phi) is 4.31. The van der Waals surface area contributed by atoms with Gasteiger partial charge in [-0.15, -0.1) is 0 Å². The molecule has 2 aliphatic heterocycles. The van der Waals surface area contributed by atoms with E-state index in [9.17, 15) is 4.79 Å². The maximum atomic E-state index is 13.1. The Morgan fingerprint density at radius 1 is 1.08 bits per heavy atom. The monoisotopic (exact) mass is 351 g/mol. The van der Waals surface area contributed by atoms with Crippen LogP contribution in [0, 0.1) is 5.92 Å². The molecule has 0 saturated carbocycles. The largest absolute Gasteiger partial charge is 0.460 e. The fraction of sp³-hybridized carbons (Fsp3) is 0.522. The SMILES string of the molecule is CN1[C@H]2CC[C@@H]1[C@@H](C(=O)OC(C)(C)C)[C@@H](c1ccc3ccccc3c1)C2. The van der Waals surface area contributed by atoms with Crippen molar-refractivity contribution in [3.05, 3.63) is 48.0 Å². The van der Waals surface area contributed by atoms with Crippen LogP contribution in [0.1, 0.15) is 51.5 Å². The molecule has 3 nitrogen and oxygen atoms in total. The average molecular weight is 351 g/mol. The lowest BCUT2D eigenvalue weighted by atomic mass is 9.75. The minimum Gasteiger partial charge on any atom is -0.460 e. The zero-order chi connectivity index (χ0) is 18.5. The molecule has 2 aliphatic rings. The molecule has 3 heteroatoms. The quantitative estimate of drug-likeness (QED) is 0.732. The van der Waals surface area contributed by atoms with Crippen molar-refractivity contribution in [3.8, 4) is 0 Å².